The normalized spacial score (nSPS) is 28.3. The van der Waals surface area contributed by atoms with Gasteiger partial charge in [0.05, 0.1) is 16.2 Å². The van der Waals surface area contributed by atoms with Gasteiger partial charge in [-0.2, -0.15) is 0 Å². The van der Waals surface area contributed by atoms with Gasteiger partial charge in [0.2, 0.25) is 0 Å². The Morgan fingerprint density at radius 3 is 2.12 bits per heavy atom. The molecular weight excluding hydrogens is 456 g/mol. The van der Waals surface area contributed by atoms with Gasteiger partial charge >= 0.3 is 5.97 Å². The molecule has 0 aromatic heterocycles. The molecule has 0 radical (unpaired) electrons. The zero-order valence-electron chi connectivity index (χ0n) is 21.1. The van der Waals surface area contributed by atoms with Crippen molar-refractivity contribution in [1.82, 2.24) is 0 Å². The van der Waals surface area contributed by atoms with Crippen LogP contribution < -0.4 is 0 Å². The number of carboxylic acid groups (broad SMARTS) is 1. The Labute approximate surface area is 206 Å². The van der Waals surface area contributed by atoms with E-state index in [1.165, 1.54) is 0 Å². The molecule has 1 saturated heterocycles. The summed E-state index contributed by atoms with van der Waals surface area (Å²) in [6.45, 7) is 7.91. The van der Waals surface area contributed by atoms with E-state index in [0.29, 0.717) is 11.7 Å². The minimum atomic E-state index is -0.942. The minimum absolute atomic E-state index is 0.0189. The third-order valence-electron chi connectivity index (χ3n) is 7.56. The molecule has 0 bridgehead atoms. The lowest BCUT2D eigenvalue weighted by atomic mass is 9.87. The molecule has 192 valence electrons. The third-order valence-corrected chi connectivity index (χ3v) is 11.7. The van der Waals surface area contributed by atoms with E-state index in [0.717, 1.165) is 82.0 Å². The van der Waals surface area contributed by atoms with Crippen LogP contribution in [0.4, 0.5) is 0 Å². The SMILES string of the molecule is CC(C)(CO)CCCCC1CCC(CCC2=CCC(CCCCC(C)(C)C(=O)O)S2=O)S1=O. The van der Waals surface area contributed by atoms with Gasteiger partial charge in [-0.05, 0) is 77.0 Å². The van der Waals surface area contributed by atoms with Crippen LogP contribution in [0.5, 0.6) is 0 Å². The average Bonchev–Trinajstić information content (AvgIpc) is 3.29. The maximum atomic E-state index is 12.9. The Balaban J connectivity index is 1.65. The van der Waals surface area contributed by atoms with Crippen LogP contribution in [-0.4, -0.2) is 47.0 Å². The highest BCUT2D eigenvalue weighted by Gasteiger charge is 2.34. The van der Waals surface area contributed by atoms with Gasteiger partial charge in [-0.25, -0.2) is 0 Å². The van der Waals surface area contributed by atoms with Crippen LogP contribution in [0, 0.1) is 10.8 Å². The molecule has 2 N–H and O–H groups in total. The molecular formula is C26H46O5S2. The fraction of sp³-hybridized carbons (Fsp3) is 0.885. The zero-order chi connectivity index (χ0) is 24.6. The van der Waals surface area contributed by atoms with Crippen molar-refractivity contribution in [3.05, 3.63) is 11.0 Å². The maximum absolute atomic E-state index is 12.9. The number of hydrogen-bond acceptors (Lipinski definition) is 4. The number of carboxylic acids is 1. The van der Waals surface area contributed by atoms with Crippen molar-refractivity contribution in [2.24, 2.45) is 10.8 Å². The summed E-state index contributed by atoms with van der Waals surface area (Å²) in [5.74, 6) is -0.756. The molecule has 2 rings (SSSR count). The molecule has 0 amide bonds. The van der Waals surface area contributed by atoms with E-state index in [1.54, 1.807) is 13.8 Å². The first kappa shape index (κ1) is 28.7. The lowest BCUT2D eigenvalue weighted by Crippen LogP contribution is -2.23. The molecule has 0 aromatic rings. The number of rotatable bonds is 15. The monoisotopic (exact) mass is 502 g/mol. The summed E-state index contributed by atoms with van der Waals surface area (Å²) in [5, 5.41) is 19.3. The van der Waals surface area contributed by atoms with Crippen LogP contribution in [0.2, 0.25) is 0 Å². The quantitative estimate of drug-likeness (QED) is 0.280. The highest BCUT2D eigenvalue weighted by molar-refractivity contribution is 7.89. The van der Waals surface area contributed by atoms with Gasteiger partial charge in [-0.15, -0.1) is 0 Å². The number of aliphatic hydroxyl groups excluding tert-OH is 1. The van der Waals surface area contributed by atoms with Crippen LogP contribution in [0.25, 0.3) is 0 Å². The van der Waals surface area contributed by atoms with Crippen molar-refractivity contribution < 1.29 is 23.4 Å². The second-order valence-corrected chi connectivity index (χ2v) is 15.3. The van der Waals surface area contributed by atoms with E-state index in [1.807, 2.05) is 0 Å². The van der Waals surface area contributed by atoms with Gasteiger partial charge in [0.25, 0.3) is 0 Å². The first-order valence-electron chi connectivity index (χ1n) is 12.8. The molecule has 2 aliphatic rings. The first-order chi connectivity index (χ1) is 15.5. The number of allylic oxidation sites excluding steroid dienone is 2. The molecule has 1 fully saturated rings. The predicted molar refractivity (Wildman–Crippen MR) is 138 cm³/mol. The van der Waals surface area contributed by atoms with Crippen molar-refractivity contribution >= 4 is 27.6 Å². The molecule has 0 aromatic carbocycles. The summed E-state index contributed by atoms with van der Waals surface area (Å²) < 4.78 is 25.8. The van der Waals surface area contributed by atoms with Crippen molar-refractivity contribution in [3.8, 4) is 0 Å². The fourth-order valence-corrected chi connectivity index (χ4v) is 8.56. The van der Waals surface area contributed by atoms with Gasteiger partial charge in [0.15, 0.2) is 0 Å². The molecule has 2 heterocycles. The Kier molecular flexibility index (Phi) is 11.3. The summed E-state index contributed by atoms with van der Waals surface area (Å²) in [7, 11) is -1.73. The Morgan fingerprint density at radius 1 is 0.939 bits per heavy atom. The van der Waals surface area contributed by atoms with Crippen LogP contribution in [0.15, 0.2) is 11.0 Å². The molecule has 5 nitrogen and oxygen atoms in total. The van der Waals surface area contributed by atoms with E-state index >= 15 is 0 Å². The Morgan fingerprint density at radius 2 is 1.52 bits per heavy atom. The van der Waals surface area contributed by atoms with Crippen molar-refractivity contribution in [2.45, 2.75) is 127 Å². The van der Waals surface area contributed by atoms with E-state index in [9.17, 15) is 23.4 Å². The lowest BCUT2D eigenvalue weighted by molar-refractivity contribution is -0.147. The number of unbranched alkanes of at least 4 members (excludes halogenated alkanes) is 2. The molecule has 0 aliphatic carbocycles. The maximum Gasteiger partial charge on any atom is 0.309 e. The molecule has 33 heavy (non-hydrogen) atoms. The highest BCUT2D eigenvalue weighted by Crippen LogP contribution is 2.35. The van der Waals surface area contributed by atoms with Gasteiger partial charge in [-0.1, -0.05) is 45.6 Å². The average molecular weight is 503 g/mol. The predicted octanol–water partition coefficient (Wildman–Crippen LogP) is 5.70. The van der Waals surface area contributed by atoms with E-state index < -0.39 is 33.0 Å². The van der Waals surface area contributed by atoms with Crippen LogP contribution >= 0.6 is 0 Å². The van der Waals surface area contributed by atoms with E-state index in [-0.39, 0.29) is 22.5 Å². The van der Waals surface area contributed by atoms with Gasteiger partial charge < -0.3 is 10.2 Å². The Hall–Kier alpha value is -0.530. The van der Waals surface area contributed by atoms with E-state index in [4.69, 9.17) is 0 Å². The fourth-order valence-electron chi connectivity index (χ4n) is 4.88. The number of aliphatic carboxylic acids is 1. The smallest absolute Gasteiger partial charge is 0.309 e. The standard InChI is InChI=1S/C26H46O5S2/c1-25(2,19-27)17-7-5-9-20-11-13-22(32(20)30)15-16-23-14-12-21(33(23)31)10-6-8-18-26(3,4)24(28)29/h14,20-22,27H,5-13,15-19H2,1-4H3,(H,28,29). The number of hydrogen-bond donors (Lipinski definition) is 2. The molecule has 0 saturated carbocycles. The van der Waals surface area contributed by atoms with Crippen molar-refractivity contribution in [3.63, 3.8) is 0 Å². The third kappa shape index (κ3) is 8.88. The van der Waals surface area contributed by atoms with Gasteiger partial charge in [0, 0.05) is 38.1 Å². The molecule has 0 spiro atoms. The first-order valence-corrected chi connectivity index (χ1v) is 15.3. The molecule has 7 heteroatoms. The largest absolute Gasteiger partial charge is 0.481 e. The van der Waals surface area contributed by atoms with Crippen molar-refractivity contribution in [2.75, 3.05) is 6.61 Å². The van der Waals surface area contributed by atoms with Crippen LogP contribution in [0.1, 0.15) is 111 Å². The van der Waals surface area contributed by atoms with Crippen molar-refractivity contribution in [1.29, 1.82) is 0 Å². The van der Waals surface area contributed by atoms with Gasteiger partial charge in [-0.3, -0.25) is 13.2 Å². The molecule has 2 aliphatic heterocycles. The summed E-state index contributed by atoms with van der Waals surface area (Å²) in [6, 6.07) is 0. The molecule has 5 unspecified atom stereocenters. The summed E-state index contributed by atoms with van der Waals surface area (Å²) >= 11 is 0. The van der Waals surface area contributed by atoms with Crippen LogP contribution in [0.3, 0.4) is 0 Å². The van der Waals surface area contributed by atoms with E-state index in [2.05, 4.69) is 19.9 Å². The zero-order valence-corrected chi connectivity index (χ0v) is 22.8. The summed E-state index contributed by atoms with van der Waals surface area (Å²) in [5.41, 5.74) is -0.710. The second-order valence-electron chi connectivity index (χ2n) is 11.5. The lowest BCUT2D eigenvalue weighted by Gasteiger charge is -2.21. The summed E-state index contributed by atoms with van der Waals surface area (Å²) in [4.78, 5) is 12.3. The minimum Gasteiger partial charge on any atom is -0.481 e. The number of carbonyl (C=O) groups is 1. The second kappa shape index (κ2) is 13.0. The highest BCUT2D eigenvalue weighted by atomic mass is 32.2. The Bertz CT molecular complexity index is 728. The topological polar surface area (TPSA) is 91.7 Å². The van der Waals surface area contributed by atoms with Gasteiger partial charge in [0.1, 0.15) is 0 Å². The molecule has 5 atom stereocenters. The van der Waals surface area contributed by atoms with Crippen LogP contribution in [-0.2, 0) is 26.4 Å². The summed E-state index contributed by atoms with van der Waals surface area (Å²) in [6.07, 6.45) is 14.2. The number of aliphatic hydroxyl groups is 1.